The number of hydrogen-bond acceptors (Lipinski definition) is 5. The van der Waals surface area contributed by atoms with Crippen molar-refractivity contribution in [2.24, 2.45) is 5.92 Å². The third-order valence-corrected chi connectivity index (χ3v) is 5.23. The minimum absolute atomic E-state index is 0.0472. The highest BCUT2D eigenvalue weighted by molar-refractivity contribution is 5.93. The number of ether oxygens (including phenoxy) is 2. The fourth-order valence-corrected chi connectivity index (χ4v) is 3.77. The third kappa shape index (κ3) is 3.02. The first-order chi connectivity index (χ1) is 12.2. The smallest absolute Gasteiger partial charge is 0.290 e. The van der Waals surface area contributed by atoms with Crippen molar-refractivity contribution in [3.63, 3.8) is 0 Å². The third-order valence-electron chi connectivity index (χ3n) is 5.23. The average Bonchev–Trinajstić information content (AvgIpc) is 3.20. The Labute approximate surface area is 146 Å². The van der Waals surface area contributed by atoms with E-state index in [1.54, 1.807) is 18.7 Å². The quantitative estimate of drug-likeness (QED) is 0.836. The lowest BCUT2D eigenvalue weighted by atomic mass is 9.79. The van der Waals surface area contributed by atoms with Gasteiger partial charge in [-0.1, -0.05) is 0 Å². The van der Waals surface area contributed by atoms with Crippen molar-refractivity contribution in [2.75, 3.05) is 26.3 Å². The lowest BCUT2D eigenvalue weighted by Crippen LogP contribution is -2.66. The lowest BCUT2D eigenvalue weighted by molar-refractivity contribution is -0.119. The molecule has 0 bridgehead atoms. The lowest BCUT2D eigenvalue weighted by Gasteiger charge is -2.50. The summed E-state index contributed by atoms with van der Waals surface area (Å²) in [4.78, 5) is 18.4. The highest BCUT2D eigenvalue weighted by Gasteiger charge is 2.54. The van der Waals surface area contributed by atoms with Gasteiger partial charge in [0.2, 0.25) is 0 Å². The summed E-state index contributed by atoms with van der Waals surface area (Å²) >= 11 is 0. The van der Waals surface area contributed by atoms with Crippen LogP contribution in [0.25, 0.3) is 0 Å². The fraction of sp³-hybridized carbons (Fsp3) is 0.474. The van der Waals surface area contributed by atoms with Crippen LogP contribution in [0.3, 0.4) is 0 Å². The molecule has 0 N–H and O–H groups in total. The Hall–Kier alpha value is -2.34. The van der Waals surface area contributed by atoms with Gasteiger partial charge in [0.05, 0.1) is 32.2 Å². The number of pyridine rings is 1. The molecule has 2 fully saturated rings. The molecule has 132 valence electrons. The molecule has 2 aromatic heterocycles. The number of rotatable bonds is 5. The van der Waals surface area contributed by atoms with Crippen LogP contribution in [-0.4, -0.2) is 47.7 Å². The van der Waals surface area contributed by atoms with E-state index < -0.39 is 0 Å². The Morgan fingerprint density at radius 2 is 2.32 bits per heavy atom. The number of aromatic nitrogens is 1. The average molecular weight is 342 g/mol. The summed E-state index contributed by atoms with van der Waals surface area (Å²) in [5.41, 5.74) is 0.661. The SMILES string of the molecule is Cc1ccoc1C(=O)N1CC2(C1)OCCC2CCOc1cccnc1. The molecule has 2 aliphatic rings. The van der Waals surface area contributed by atoms with Crippen LogP contribution in [0.15, 0.2) is 41.3 Å². The van der Waals surface area contributed by atoms with E-state index in [4.69, 9.17) is 13.9 Å². The largest absolute Gasteiger partial charge is 0.492 e. The maximum atomic E-state index is 12.5. The molecule has 1 unspecified atom stereocenters. The van der Waals surface area contributed by atoms with Gasteiger partial charge in [0, 0.05) is 18.4 Å². The van der Waals surface area contributed by atoms with Crippen molar-refractivity contribution in [3.8, 4) is 5.75 Å². The van der Waals surface area contributed by atoms with Gasteiger partial charge >= 0.3 is 0 Å². The van der Waals surface area contributed by atoms with Gasteiger partial charge in [-0.15, -0.1) is 0 Å². The Balaban J connectivity index is 1.32. The van der Waals surface area contributed by atoms with E-state index in [9.17, 15) is 4.79 Å². The molecule has 0 aliphatic carbocycles. The van der Waals surface area contributed by atoms with E-state index in [0.29, 0.717) is 31.4 Å². The second-order valence-electron chi connectivity index (χ2n) is 6.82. The minimum Gasteiger partial charge on any atom is -0.492 e. The molecule has 25 heavy (non-hydrogen) atoms. The van der Waals surface area contributed by atoms with Crippen molar-refractivity contribution >= 4 is 5.91 Å². The van der Waals surface area contributed by atoms with Crippen molar-refractivity contribution in [1.29, 1.82) is 0 Å². The van der Waals surface area contributed by atoms with Gasteiger partial charge in [-0.25, -0.2) is 0 Å². The molecule has 1 spiro atoms. The van der Waals surface area contributed by atoms with Gasteiger partial charge in [-0.2, -0.15) is 0 Å². The van der Waals surface area contributed by atoms with Crippen molar-refractivity contribution < 1.29 is 18.7 Å². The highest BCUT2D eigenvalue weighted by Crippen LogP contribution is 2.42. The van der Waals surface area contributed by atoms with E-state index in [1.165, 1.54) is 0 Å². The second kappa shape index (κ2) is 6.52. The molecule has 4 heterocycles. The summed E-state index contributed by atoms with van der Waals surface area (Å²) in [6.07, 6.45) is 6.93. The molecule has 2 aromatic rings. The molecule has 0 saturated carbocycles. The molecular formula is C19H22N2O4. The van der Waals surface area contributed by atoms with Gasteiger partial charge in [-0.05, 0) is 43.9 Å². The van der Waals surface area contributed by atoms with Crippen molar-refractivity contribution in [3.05, 3.63) is 48.2 Å². The van der Waals surface area contributed by atoms with Crippen LogP contribution < -0.4 is 4.74 Å². The second-order valence-corrected chi connectivity index (χ2v) is 6.82. The molecule has 0 aromatic carbocycles. The van der Waals surface area contributed by atoms with Crippen LogP contribution >= 0.6 is 0 Å². The van der Waals surface area contributed by atoms with E-state index in [0.717, 1.165) is 30.8 Å². The summed E-state index contributed by atoms with van der Waals surface area (Å²) < 4.78 is 17.1. The first kappa shape index (κ1) is 16.1. The molecule has 6 nitrogen and oxygen atoms in total. The van der Waals surface area contributed by atoms with Gasteiger partial charge in [0.1, 0.15) is 11.4 Å². The maximum absolute atomic E-state index is 12.5. The fourth-order valence-electron chi connectivity index (χ4n) is 3.77. The maximum Gasteiger partial charge on any atom is 0.290 e. The number of hydrogen-bond donors (Lipinski definition) is 0. The first-order valence-corrected chi connectivity index (χ1v) is 8.68. The van der Waals surface area contributed by atoms with Gasteiger partial charge in [-0.3, -0.25) is 9.78 Å². The van der Waals surface area contributed by atoms with Crippen LogP contribution in [-0.2, 0) is 4.74 Å². The minimum atomic E-state index is -0.214. The normalized spacial score (nSPS) is 21.3. The molecule has 6 heteroatoms. The molecule has 1 atom stereocenters. The molecule has 0 radical (unpaired) electrons. The van der Waals surface area contributed by atoms with E-state index in [-0.39, 0.29) is 11.5 Å². The van der Waals surface area contributed by atoms with Gasteiger partial charge in [0.25, 0.3) is 5.91 Å². The molecule has 2 aliphatic heterocycles. The number of furan rings is 1. The summed E-state index contributed by atoms with van der Waals surface area (Å²) in [7, 11) is 0. The van der Waals surface area contributed by atoms with E-state index >= 15 is 0 Å². The van der Waals surface area contributed by atoms with E-state index in [1.807, 2.05) is 30.0 Å². The van der Waals surface area contributed by atoms with Gasteiger partial charge < -0.3 is 18.8 Å². The standard InChI is InChI=1S/C19H22N2O4/c1-14-4-8-24-17(14)18(22)21-12-19(13-21)15(6-10-25-19)5-9-23-16-3-2-7-20-11-16/h2-4,7-8,11,15H,5-6,9-10,12-13H2,1H3. The predicted molar refractivity (Wildman–Crippen MR) is 90.5 cm³/mol. The van der Waals surface area contributed by atoms with Crippen LogP contribution in [0.5, 0.6) is 5.75 Å². The van der Waals surface area contributed by atoms with Crippen molar-refractivity contribution in [1.82, 2.24) is 9.88 Å². The Bertz CT molecular complexity index is 737. The zero-order chi connectivity index (χ0) is 17.3. The van der Waals surface area contributed by atoms with Crippen LogP contribution in [0.2, 0.25) is 0 Å². The summed E-state index contributed by atoms with van der Waals surface area (Å²) in [6.45, 7) is 4.52. The molecule has 4 rings (SSSR count). The number of carbonyl (C=O) groups excluding carboxylic acids is 1. The first-order valence-electron chi connectivity index (χ1n) is 8.68. The topological polar surface area (TPSA) is 64.8 Å². The predicted octanol–water partition coefficient (Wildman–Crippen LogP) is 2.68. The number of amides is 1. The molecule has 1 amide bonds. The Morgan fingerprint density at radius 1 is 1.44 bits per heavy atom. The van der Waals surface area contributed by atoms with Crippen LogP contribution in [0, 0.1) is 12.8 Å². The monoisotopic (exact) mass is 342 g/mol. The Kier molecular flexibility index (Phi) is 4.21. The van der Waals surface area contributed by atoms with Crippen LogP contribution in [0.1, 0.15) is 29.0 Å². The summed E-state index contributed by atoms with van der Waals surface area (Å²) in [5, 5.41) is 0. The molecular weight excluding hydrogens is 320 g/mol. The van der Waals surface area contributed by atoms with Gasteiger partial charge in [0.15, 0.2) is 5.76 Å². The van der Waals surface area contributed by atoms with E-state index in [2.05, 4.69) is 4.98 Å². The zero-order valence-electron chi connectivity index (χ0n) is 14.3. The molecule has 2 saturated heterocycles. The van der Waals surface area contributed by atoms with Crippen LogP contribution in [0.4, 0.5) is 0 Å². The summed E-state index contributed by atoms with van der Waals surface area (Å²) in [5.74, 6) is 1.58. The van der Waals surface area contributed by atoms with Crippen molar-refractivity contribution in [2.45, 2.75) is 25.4 Å². The number of aryl methyl sites for hydroxylation is 1. The number of carbonyl (C=O) groups is 1. The zero-order valence-corrected chi connectivity index (χ0v) is 14.3. The highest BCUT2D eigenvalue weighted by atomic mass is 16.5. The summed E-state index contributed by atoms with van der Waals surface area (Å²) in [6, 6.07) is 5.58. The number of nitrogens with zero attached hydrogens (tertiary/aromatic N) is 2. The Morgan fingerprint density at radius 3 is 3.04 bits per heavy atom. The number of likely N-dealkylation sites (tertiary alicyclic amines) is 1.